The maximum absolute atomic E-state index is 12.8. The highest BCUT2D eigenvalue weighted by molar-refractivity contribution is 7.11. The van der Waals surface area contributed by atoms with E-state index in [-0.39, 0.29) is 5.91 Å². The summed E-state index contributed by atoms with van der Waals surface area (Å²) < 4.78 is 0. The van der Waals surface area contributed by atoms with Crippen LogP contribution in [-0.4, -0.2) is 71.7 Å². The molecule has 1 saturated carbocycles. The van der Waals surface area contributed by atoms with Gasteiger partial charge in [0, 0.05) is 43.7 Å². The van der Waals surface area contributed by atoms with Crippen LogP contribution in [0.5, 0.6) is 0 Å². The molecule has 3 fully saturated rings. The Morgan fingerprint density at radius 3 is 2.10 bits per heavy atom. The number of nitrogens with zero attached hydrogens (tertiary/aromatic N) is 5. The van der Waals surface area contributed by atoms with Crippen molar-refractivity contribution in [2.24, 2.45) is 0 Å². The molecule has 2 aliphatic heterocycles. The molecule has 7 heteroatoms. The maximum atomic E-state index is 12.8. The standard InChI is InChI=1S/C22H29N5OS/c28-20(27-14-12-26(13-15-27)19-4-2-1-3-5-19)16-25-10-8-18(9-11-25)22-24-23-21(29-22)17-6-7-17/h1-5,17-18H,6-16H2. The molecule has 6 nitrogen and oxygen atoms in total. The highest BCUT2D eigenvalue weighted by atomic mass is 32.1. The predicted octanol–water partition coefficient (Wildman–Crippen LogP) is 2.94. The van der Waals surface area contributed by atoms with Gasteiger partial charge in [-0.1, -0.05) is 18.2 Å². The molecule has 0 radical (unpaired) electrons. The van der Waals surface area contributed by atoms with Crippen LogP contribution in [0.2, 0.25) is 0 Å². The number of piperidine rings is 1. The minimum atomic E-state index is 0.281. The lowest BCUT2D eigenvalue weighted by atomic mass is 9.97. The lowest BCUT2D eigenvalue weighted by molar-refractivity contribution is -0.133. The summed E-state index contributed by atoms with van der Waals surface area (Å²) in [5, 5.41) is 11.3. The molecule has 2 aromatic rings. The van der Waals surface area contributed by atoms with Gasteiger partial charge in [0.15, 0.2) is 0 Å². The van der Waals surface area contributed by atoms with Crippen LogP contribution in [0, 0.1) is 0 Å². The van der Waals surface area contributed by atoms with Gasteiger partial charge in [-0.25, -0.2) is 0 Å². The third-order valence-electron chi connectivity index (χ3n) is 6.43. The number of para-hydroxylation sites is 1. The second kappa shape index (κ2) is 8.40. The molecule has 29 heavy (non-hydrogen) atoms. The van der Waals surface area contributed by atoms with E-state index < -0.39 is 0 Å². The summed E-state index contributed by atoms with van der Waals surface area (Å²) in [4.78, 5) is 19.5. The van der Waals surface area contributed by atoms with E-state index in [0.717, 1.165) is 52.1 Å². The van der Waals surface area contributed by atoms with Gasteiger partial charge in [0.1, 0.15) is 10.0 Å². The number of carbonyl (C=O) groups excluding carboxylic acids is 1. The van der Waals surface area contributed by atoms with Gasteiger partial charge in [-0.05, 0) is 50.9 Å². The monoisotopic (exact) mass is 411 g/mol. The molecule has 3 aliphatic rings. The Labute approximate surface area is 176 Å². The summed E-state index contributed by atoms with van der Waals surface area (Å²) in [6, 6.07) is 10.5. The Kier molecular flexibility index (Phi) is 5.50. The number of hydrogen-bond acceptors (Lipinski definition) is 6. The molecule has 3 heterocycles. The SMILES string of the molecule is O=C(CN1CCC(c2nnc(C3CC3)s2)CC1)N1CCN(c2ccccc2)CC1. The topological polar surface area (TPSA) is 52.6 Å². The summed E-state index contributed by atoms with van der Waals surface area (Å²) in [6.07, 6.45) is 4.76. The normalized spacial score (nSPS) is 21.5. The lowest BCUT2D eigenvalue weighted by Gasteiger charge is -2.38. The van der Waals surface area contributed by atoms with Gasteiger partial charge in [0.25, 0.3) is 0 Å². The second-order valence-corrected chi connectivity index (χ2v) is 9.55. The average molecular weight is 412 g/mol. The Bertz CT molecular complexity index is 821. The van der Waals surface area contributed by atoms with Crippen molar-refractivity contribution in [1.29, 1.82) is 0 Å². The lowest BCUT2D eigenvalue weighted by Crippen LogP contribution is -2.51. The fraction of sp³-hybridized carbons (Fsp3) is 0.591. The second-order valence-electron chi connectivity index (χ2n) is 8.51. The molecule has 0 bridgehead atoms. The first-order valence-electron chi connectivity index (χ1n) is 10.9. The number of rotatable bonds is 5. The van der Waals surface area contributed by atoms with E-state index in [4.69, 9.17) is 0 Å². The van der Waals surface area contributed by atoms with Crippen LogP contribution in [-0.2, 0) is 4.79 Å². The Morgan fingerprint density at radius 2 is 1.48 bits per heavy atom. The molecule has 0 spiro atoms. The zero-order valence-electron chi connectivity index (χ0n) is 16.9. The summed E-state index contributed by atoms with van der Waals surface area (Å²) in [5.74, 6) is 1.50. The van der Waals surface area contributed by atoms with Gasteiger partial charge in [-0.3, -0.25) is 9.69 Å². The van der Waals surface area contributed by atoms with Crippen molar-refractivity contribution in [3.63, 3.8) is 0 Å². The molecule has 5 rings (SSSR count). The molecular formula is C22H29N5OS. The molecule has 1 amide bonds. The van der Waals surface area contributed by atoms with Gasteiger partial charge in [0.2, 0.25) is 5.91 Å². The van der Waals surface area contributed by atoms with Crippen molar-refractivity contribution in [1.82, 2.24) is 20.0 Å². The van der Waals surface area contributed by atoms with Gasteiger partial charge in [0.05, 0.1) is 6.54 Å². The van der Waals surface area contributed by atoms with E-state index in [2.05, 4.69) is 44.3 Å². The Balaban J connectivity index is 1.07. The highest BCUT2D eigenvalue weighted by Gasteiger charge is 2.31. The first-order chi connectivity index (χ1) is 14.3. The smallest absolute Gasteiger partial charge is 0.236 e. The van der Waals surface area contributed by atoms with Gasteiger partial charge < -0.3 is 9.80 Å². The molecule has 0 atom stereocenters. The van der Waals surface area contributed by atoms with Crippen LogP contribution < -0.4 is 4.90 Å². The van der Waals surface area contributed by atoms with Crippen molar-refractivity contribution in [3.8, 4) is 0 Å². The van der Waals surface area contributed by atoms with E-state index >= 15 is 0 Å². The minimum absolute atomic E-state index is 0.281. The largest absolute Gasteiger partial charge is 0.368 e. The minimum Gasteiger partial charge on any atom is -0.368 e. The number of likely N-dealkylation sites (tertiary alicyclic amines) is 1. The van der Waals surface area contributed by atoms with Crippen LogP contribution in [0.15, 0.2) is 30.3 Å². The fourth-order valence-electron chi connectivity index (χ4n) is 4.39. The quantitative estimate of drug-likeness (QED) is 0.757. The average Bonchev–Trinajstić information content (AvgIpc) is 3.52. The number of aromatic nitrogens is 2. The third kappa shape index (κ3) is 4.46. The van der Waals surface area contributed by atoms with Crippen LogP contribution in [0.4, 0.5) is 5.69 Å². The van der Waals surface area contributed by atoms with Gasteiger partial charge in [-0.2, -0.15) is 0 Å². The third-order valence-corrected chi connectivity index (χ3v) is 7.68. The first-order valence-corrected chi connectivity index (χ1v) is 11.7. The Morgan fingerprint density at radius 1 is 0.862 bits per heavy atom. The molecular weight excluding hydrogens is 382 g/mol. The van der Waals surface area contributed by atoms with Crippen LogP contribution in [0.1, 0.15) is 47.5 Å². The van der Waals surface area contributed by atoms with Gasteiger partial charge in [-0.15, -0.1) is 21.5 Å². The molecule has 0 N–H and O–H groups in total. The van der Waals surface area contributed by atoms with E-state index in [9.17, 15) is 4.79 Å². The number of anilines is 1. The summed E-state index contributed by atoms with van der Waals surface area (Å²) in [5.41, 5.74) is 1.25. The molecule has 1 aliphatic carbocycles. The molecule has 154 valence electrons. The van der Waals surface area contributed by atoms with E-state index in [1.165, 1.54) is 28.5 Å². The molecule has 1 aromatic carbocycles. The van der Waals surface area contributed by atoms with Crippen molar-refractivity contribution >= 4 is 22.9 Å². The van der Waals surface area contributed by atoms with Crippen molar-refractivity contribution in [2.45, 2.75) is 37.5 Å². The van der Waals surface area contributed by atoms with E-state index in [1.807, 2.05) is 22.3 Å². The number of carbonyl (C=O) groups is 1. The van der Waals surface area contributed by atoms with Crippen LogP contribution >= 0.6 is 11.3 Å². The van der Waals surface area contributed by atoms with Gasteiger partial charge >= 0.3 is 0 Å². The molecule has 2 saturated heterocycles. The zero-order chi connectivity index (χ0) is 19.6. The number of hydrogen-bond donors (Lipinski definition) is 0. The molecule has 0 unspecified atom stereocenters. The summed E-state index contributed by atoms with van der Waals surface area (Å²) >= 11 is 1.83. The number of benzene rings is 1. The number of amides is 1. The van der Waals surface area contributed by atoms with E-state index in [0.29, 0.717) is 18.4 Å². The fourth-order valence-corrected chi connectivity index (χ4v) is 5.57. The van der Waals surface area contributed by atoms with Crippen molar-refractivity contribution in [2.75, 3.05) is 50.7 Å². The first kappa shape index (κ1) is 19.0. The zero-order valence-corrected chi connectivity index (χ0v) is 17.7. The van der Waals surface area contributed by atoms with Crippen LogP contribution in [0.3, 0.4) is 0 Å². The van der Waals surface area contributed by atoms with E-state index in [1.54, 1.807) is 0 Å². The van der Waals surface area contributed by atoms with Crippen molar-refractivity contribution in [3.05, 3.63) is 40.3 Å². The summed E-state index contributed by atoms with van der Waals surface area (Å²) in [7, 11) is 0. The van der Waals surface area contributed by atoms with Crippen molar-refractivity contribution < 1.29 is 4.79 Å². The summed E-state index contributed by atoms with van der Waals surface area (Å²) in [6.45, 7) is 5.99. The predicted molar refractivity (Wildman–Crippen MR) is 116 cm³/mol. The number of piperazine rings is 1. The molecule has 1 aromatic heterocycles. The maximum Gasteiger partial charge on any atom is 0.236 e. The van der Waals surface area contributed by atoms with Crippen LogP contribution in [0.25, 0.3) is 0 Å². The highest BCUT2D eigenvalue weighted by Crippen LogP contribution is 2.43. The Hall–Kier alpha value is -1.99.